The second-order valence-corrected chi connectivity index (χ2v) is 9.27. The van der Waals surface area contributed by atoms with Crippen molar-refractivity contribution < 1.29 is 31.1 Å². The molecule has 3 rings (SSSR count). The van der Waals surface area contributed by atoms with Crippen molar-refractivity contribution >= 4 is 16.1 Å². The molecule has 0 unspecified atom stereocenters. The van der Waals surface area contributed by atoms with Crippen LogP contribution in [0.25, 0.3) is 0 Å². The van der Waals surface area contributed by atoms with Crippen molar-refractivity contribution in [3.8, 4) is 0 Å². The fraction of sp³-hybridized carbons (Fsp3) is 0.588. The Balaban J connectivity index is 1.80. The molecular formula is C17H21F3N2O4S. The lowest BCUT2D eigenvalue weighted by molar-refractivity contribution is -0.139. The number of nitrogens with zero attached hydrogens (tertiary/aromatic N) is 2. The average molecular weight is 406 g/mol. The van der Waals surface area contributed by atoms with Crippen molar-refractivity contribution in [2.45, 2.75) is 49.3 Å². The third-order valence-electron chi connectivity index (χ3n) is 5.00. The minimum absolute atomic E-state index is 0.0407. The highest BCUT2D eigenvalue weighted by Gasteiger charge is 2.46. The molecule has 2 aliphatic rings. The van der Waals surface area contributed by atoms with Gasteiger partial charge < -0.3 is 4.74 Å². The van der Waals surface area contributed by atoms with Gasteiger partial charge >= 0.3 is 12.3 Å². The largest absolute Gasteiger partial charge is 0.447 e. The molecule has 2 fully saturated rings. The van der Waals surface area contributed by atoms with Gasteiger partial charge in [0.1, 0.15) is 6.61 Å². The van der Waals surface area contributed by atoms with Crippen LogP contribution in [0.4, 0.5) is 18.0 Å². The van der Waals surface area contributed by atoms with Crippen LogP contribution in [0.1, 0.15) is 32.3 Å². The van der Waals surface area contributed by atoms with Gasteiger partial charge in [0, 0.05) is 19.1 Å². The van der Waals surface area contributed by atoms with Gasteiger partial charge in [-0.1, -0.05) is 12.1 Å². The summed E-state index contributed by atoms with van der Waals surface area (Å²) < 4.78 is 71.3. The number of carbonyl (C=O) groups is 1. The minimum atomic E-state index is -4.76. The molecule has 6 nitrogen and oxygen atoms in total. The summed E-state index contributed by atoms with van der Waals surface area (Å²) in [6.07, 6.45) is -4.52. The first-order valence-electron chi connectivity index (χ1n) is 8.57. The van der Waals surface area contributed by atoms with E-state index < -0.39 is 38.3 Å². The lowest BCUT2D eigenvalue weighted by Crippen LogP contribution is -2.53. The Kier molecular flexibility index (Phi) is 4.92. The molecule has 0 bridgehead atoms. The topological polar surface area (TPSA) is 66.9 Å². The Morgan fingerprint density at radius 3 is 2.26 bits per heavy atom. The number of amides is 1. The molecule has 0 atom stereocenters. The average Bonchev–Trinajstić information content (AvgIpc) is 2.87. The molecule has 1 aromatic carbocycles. The van der Waals surface area contributed by atoms with Crippen molar-refractivity contribution in [3.05, 3.63) is 29.8 Å². The number of alkyl halides is 3. The SMILES string of the molecule is CC1(C)COC(=O)N1C1CCN(S(=O)(=O)c2ccccc2C(F)(F)F)CC1. The zero-order chi connectivity index (χ0) is 20.0. The summed E-state index contributed by atoms with van der Waals surface area (Å²) in [4.78, 5) is 12.9. The second kappa shape index (κ2) is 6.66. The van der Waals surface area contributed by atoms with E-state index >= 15 is 0 Å². The maximum Gasteiger partial charge on any atom is 0.417 e. The van der Waals surface area contributed by atoms with Crippen LogP contribution in [0, 0.1) is 0 Å². The van der Waals surface area contributed by atoms with Crippen LogP contribution in [0.2, 0.25) is 0 Å². The van der Waals surface area contributed by atoms with Crippen LogP contribution < -0.4 is 0 Å². The lowest BCUT2D eigenvalue weighted by Gasteiger charge is -2.40. The van der Waals surface area contributed by atoms with Crippen molar-refractivity contribution in [1.82, 2.24) is 9.21 Å². The zero-order valence-corrected chi connectivity index (χ0v) is 15.8. The van der Waals surface area contributed by atoms with Gasteiger partial charge in [-0.15, -0.1) is 0 Å². The first kappa shape index (κ1) is 19.9. The van der Waals surface area contributed by atoms with E-state index in [9.17, 15) is 26.4 Å². The van der Waals surface area contributed by atoms with Gasteiger partial charge in [0.25, 0.3) is 0 Å². The second-order valence-electron chi connectivity index (χ2n) is 7.37. The third-order valence-corrected chi connectivity index (χ3v) is 6.95. The highest BCUT2D eigenvalue weighted by molar-refractivity contribution is 7.89. The molecule has 0 aromatic heterocycles. The summed E-state index contributed by atoms with van der Waals surface area (Å²) in [5.74, 6) is 0. The molecule has 1 aromatic rings. The predicted octanol–water partition coefficient (Wildman–Crippen LogP) is 3.09. The maximum atomic E-state index is 13.2. The van der Waals surface area contributed by atoms with E-state index in [0.29, 0.717) is 12.8 Å². The number of rotatable bonds is 3. The van der Waals surface area contributed by atoms with Crippen LogP contribution in [-0.4, -0.2) is 55.0 Å². The lowest BCUT2D eigenvalue weighted by atomic mass is 9.98. The fourth-order valence-electron chi connectivity index (χ4n) is 3.67. The molecule has 2 heterocycles. The van der Waals surface area contributed by atoms with Crippen molar-refractivity contribution in [3.63, 3.8) is 0 Å². The molecule has 0 saturated carbocycles. The highest BCUT2D eigenvalue weighted by atomic mass is 32.2. The van der Waals surface area contributed by atoms with E-state index in [1.165, 1.54) is 6.07 Å². The van der Waals surface area contributed by atoms with Gasteiger partial charge in [0.2, 0.25) is 10.0 Å². The smallest absolute Gasteiger partial charge is 0.417 e. The van der Waals surface area contributed by atoms with Crippen LogP contribution in [-0.2, 0) is 20.9 Å². The Bertz CT molecular complexity index is 831. The van der Waals surface area contributed by atoms with E-state index in [2.05, 4.69) is 0 Å². The Morgan fingerprint density at radius 2 is 1.74 bits per heavy atom. The number of carbonyl (C=O) groups excluding carboxylic acids is 1. The third kappa shape index (κ3) is 3.64. The molecular weight excluding hydrogens is 385 g/mol. The quantitative estimate of drug-likeness (QED) is 0.774. The van der Waals surface area contributed by atoms with Crippen LogP contribution in [0.5, 0.6) is 0 Å². The molecule has 27 heavy (non-hydrogen) atoms. The standard InChI is InChI=1S/C17H21F3N2O4S/c1-16(2)11-26-15(23)22(16)12-7-9-21(10-8-12)27(24,25)14-6-4-3-5-13(14)17(18,19)20/h3-6,12H,7-11H2,1-2H3. The van der Waals surface area contributed by atoms with Crippen LogP contribution in [0.15, 0.2) is 29.2 Å². The molecule has 0 N–H and O–H groups in total. The number of hydrogen-bond donors (Lipinski definition) is 0. The maximum absolute atomic E-state index is 13.2. The summed E-state index contributed by atoms with van der Waals surface area (Å²) in [6.45, 7) is 4.06. The van der Waals surface area contributed by atoms with E-state index in [0.717, 1.165) is 22.5 Å². The highest BCUT2D eigenvalue weighted by Crippen LogP contribution is 2.36. The molecule has 0 spiro atoms. The Morgan fingerprint density at radius 1 is 1.15 bits per heavy atom. The summed E-state index contributed by atoms with van der Waals surface area (Å²) >= 11 is 0. The number of halogens is 3. The summed E-state index contributed by atoms with van der Waals surface area (Å²) in [7, 11) is -4.29. The Hall–Kier alpha value is -1.81. The molecule has 2 aliphatic heterocycles. The van der Waals surface area contributed by atoms with Gasteiger partial charge in [-0.3, -0.25) is 4.90 Å². The van der Waals surface area contributed by atoms with Gasteiger partial charge in [-0.25, -0.2) is 13.2 Å². The van der Waals surface area contributed by atoms with E-state index in [4.69, 9.17) is 4.74 Å². The monoisotopic (exact) mass is 406 g/mol. The number of sulfonamides is 1. The molecule has 0 radical (unpaired) electrons. The van der Waals surface area contributed by atoms with Crippen LogP contribution in [0.3, 0.4) is 0 Å². The van der Waals surface area contributed by atoms with E-state index in [-0.39, 0.29) is 25.7 Å². The number of cyclic esters (lactones) is 1. The van der Waals surface area contributed by atoms with Crippen molar-refractivity contribution in [1.29, 1.82) is 0 Å². The number of hydrogen-bond acceptors (Lipinski definition) is 4. The first-order valence-corrected chi connectivity index (χ1v) is 10.0. The molecule has 10 heteroatoms. The molecule has 150 valence electrons. The summed E-state index contributed by atoms with van der Waals surface area (Å²) in [5, 5.41) is 0. The summed E-state index contributed by atoms with van der Waals surface area (Å²) in [5.41, 5.74) is -1.66. The summed E-state index contributed by atoms with van der Waals surface area (Å²) in [6, 6.07) is 3.97. The molecule has 2 saturated heterocycles. The molecule has 0 aliphatic carbocycles. The van der Waals surface area contributed by atoms with Gasteiger partial charge in [0.15, 0.2) is 0 Å². The normalized spacial score (nSPS) is 22.1. The predicted molar refractivity (Wildman–Crippen MR) is 90.5 cm³/mol. The van der Waals surface area contributed by atoms with Crippen molar-refractivity contribution in [2.75, 3.05) is 19.7 Å². The molecule has 1 amide bonds. The van der Waals surface area contributed by atoms with Gasteiger partial charge in [-0.05, 0) is 38.8 Å². The number of piperidine rings is 1. The van der Waals surface area contributed by atoms with Crippen molar-refractivity contribution in [2.24, 2.45) is 0 Å². The number of benzene rings is 1. The zero-order valence-electron chi connectivity index (χ0n) is 15.0. The first-order chi connectivity index (χ1) is 12.4. The van der Waals surface area contributed by atoms with Gasteiger partial charge in [-0.2, -0.15) is 17.5 Å². The number of ether oxygens (including phenoxy) is 1. The van der Waals surface area contributed by atoms with Gasteiger partial charge in [0.05, 0.1) is 16.0 Å². The fourth-order valence-corrected chi connectivity index (χ4v) is 5.36. The van der Waals surface area contributed by atoms with Crippen LogP contribution >= 0.6 is 0 Å². The van der Waals surface area contributed by atoms with E-state index in [1.54, 1.807) is 4.90 Å². The Labute approximate surface area is 155 Å². The van der Waals surface area contributed by atoms with E-state index in [1.807, 2.05) is 13.8 Å². The minimum Gasteiger partial charge on any atom is -0.447 e.